The number of hydrogen-bond acceptors (Lipinski definition) is 8. The monoisotopic (exact) mass is 439 g/mol. The predicted octanol–water partition coefficient (Wildman–Crippen LogP) is 2.85. The maximum atomic E-state index is 12.9. The molecule has 1 N–H and O–H groups in total. The normalized spacial score (nSPS) is 14.6. The van der Waals surface area contributed by atoms with Gasteiger partial charge in [0.25, 0.3) is 5.91 Å². The van der Waals surface area contributed by atoms with Crippen molar-refractivity contribution in [1.29, 1.82) is 0 Å². The zero-order chi connectivity index (χ0) is 22.8. The lowest BCUT2D eigenvalue weighted by Crippen LogP contribution is -2.29. The van der Waals surface area contributed by atoms with Crippen molar-refractivity contribution in [2.45, 2.75) is 13.0 Å². The van der Waals surface area contributed by atoms with E-state index in [0.717, 1.165) is 6.07 Å². The Morgan fingerprint density at radius 2 is 1.91 bits per heavy atom. The van der Waals surface area contributed by atoms with E-state index in [1.807, 2.05) is 6.92 Å². The van der Waals surface area contributed by atoms with Gasteiger partial charge in [-0.15, -0.1) is 0 Å². The highest BCUT2D eigenvalue weighted by Crippen LogP contribution is 2.41. The summed E-state index contributed by atoms with van der Waals surface area (Å²) in [5.74, 6) is 0.142. The van der Waals surface area contributed by atoms with Crippen molar-refractivity contribution >= 4 is 22.8 Å². The molecule has 1 amide bonds. The Balaban J connectivity index is 1.59. The van der Waals surface area contributed by atoms with Crippen LogP contribution in [0.4, 0.5) is 0 Å². The third kappa shape index (κ3) is 3.73. The molecule has 1 aliphatic rings. The highest BCUT2D eigenvalue weighted by molar-refractivity contribution is 6.05. The fraction of sp³-hybridized carbons (Fsp3) is 0.261. The SMILES string of the molecule is CCOc1ccc2c(C(=O)NCC3OC(=O)c4c3ccc(OC)c4OC)cc(=O)oc2c1. The lowest BCUT2D eigenvalue weighted by molar-refractivity contribution is 0.0379. The minimum absolute atomic E-state index is 0.00576. The van der Waals surface area contributed by atoms with Crippen LogP contribution >= 0.6 is 0 Å². The number of benzene rings is 2. The minimum Gasteiger partial charge on any atom is -0.494 e. The van der Waals surface area contributed by atoms with E-state index < -0.39 is 23.6 Å². The summed E-state index contributed by atoms with van der Waals surface area (Å²) in [6, 6.07) is 9.39. The van der Waals surface area contributed by atoms with Gasteiger partial charge < -0.3 is 28.7 Å². The van der Waals surface area contributed by atoms with Crippen LogP contribution in [0.3, 0.4) is 0 Å². The standard InChI is InChI=1S/C23H21NO8/c1-4-30-12-5-6-13-15(10-19(25)31-17(13)9-12)22(26)24-11-18-14-7-8-16(28-2)21(29-3)20(14)23(27)32-18/h5-10,18H,4,11H2,1-3H3,(H,24,26). The molecule has 2 heterocycles. The van der Waals surface area contributed by atoms with Gasteiger partial charge in [0.05, 0.1) is 32.9 Å². The molecule has 1 atom stereocenters. The number of rotatable bonds is 7. The number of methoxy groups -OCH3 is 2. The van der Waals surface area contributed by atoms with E-state index in [-0.39, 0.29) is 29.0 Å². The average Bonchev–Trinajstić information content (AvgIpc) is 3.11. The van der Waals surface area contributed by atoms with E-state index in [9.17, 15) is 14.4 Å². The third-order valence-corrected chi connectivity index (χ3v) is 5.10. The fourth-order valence-electron chi connectivity index (χ4n) is 3.69. The largest absolute Gasteiger partial charge is 0.494 e. The zero-order valence-electron chi connectivity index (χ0n) is 17.7. The highest BCUT2D eigenvalue weighted by atomic mass is 16.6. The number of ether oxygens (including phenoxy) is 4. The van der Waals surface area contributed by atoms with Crippen molar-refractivity contribution in [3.63, 3.8) is 0 Å². The van der Waals surface area contributed by atoms with Gasteiger partial charge in [-0.2, -0.15) is 0 Å². The second-order valence-corrected chi connectivity index (χ2v) is 6.94. The molecule has 2 aromatic carbocycles. The first-order valence-electron chi connectivity index (χ1n) is 9.91. The quantitative estimate of drug-likeness (QED) is 0.442. The van der Waals surface area contributed by atoms with Gasteiger partial charge in [0, 0.05) is 23.1 Å². The molecule has 0 fully saturated rings. The summed E-state index contributed by atoms with van der Waals surface area (Å²) in [4.78, 5) is 37.3. The van der Waals surface area contributed by atoms with Gasteiger partial charge in [0.2, 0.25) is 0 Å². The maximum Gasteiger partial charge on any atom is 0.343 e. The van der Waals surface area contributed by atoms with Gasteiger partial charge in [0.1, 0.15) is 23.0 Å². The number of cyclic esters (lactones) is 1. The van der Waals surface area contributed by atoms with Crippen molar-refractivity contribution < 1.29 is 33.0 Å². The smallest absolute Gasteiger partial charge is 0.343 e. The van der Waals surface area contributed by atoms with Crippen molar-refractivity contribution in [1.82, 2.24) is 5.32 Å². The first-order valence-corrected chi connectivity index (χ1v) is 9.91. The van der Waals surface area contributed by atoms with Crippen molar-refractivity contribution in [3.05, 3.63) is 63.5 Å². The second-order valence-electron chi connectivity index (χ2n) is 6.94. The number of nitrogens with one attached hydrogen (secondary N) is 1. The number of carbonyl (C=O) groups excluding carboxylic acids is 2. The van der Waals surface area contributed by atoms with Crippen LogP contribution in [0.15, 0.2) is 45.6 Å². The molecule has 4 rings (SSSR count). The van der Waals surface area contributed by atoms with E-state index in [4.69, 9.17) is 23.4 Å². The summed E-state index contributed by atoms with van der Waals surface area (Å²) in [6.45, 7) is 2.30. The molecule has 166 valence electrons. The van der Waals surface area contributed by atoms with Gasteiger partial charge in [-0.1, -0.05) is 6.07 Å². The molecule has 3 aromatic rings. The van der Waals surface area contributed by atoms with Crippen molar-refractivity contribution in [3.8, 4) is 17.2 Å². The topological polar surface area (TPSA) is 113 Å². The van der Waals surface area contributed by atoms with E-state index in [0.29, 0.717) is 29.1 Å². The Bertz CT molecular complexity index is 1260. The molecule has 32 heavy (non-hydrogen) atoms. The van der Waals surface area contributed by atoms with E-state index in [1.165, 1.54) is 14.2 Å². The summed E-state index contributed by atoms with van der Waals surface area (Å²) in [5.41, 5.74) is 0.567. The number of esters is 1. The van der Waals surface area contributed by atoms with E-state index >= 15 is 0 Å². The van der Waals surface area contributed by atoms with Gasteiger partial charge in [-0.05, 0) is 25.1 Å². The predicted molar refractivity (Wildman–Crippen MR) is 114 cm³/mol. The minimum atomic E-state index is -0.711. The van der Waals surface area contributed by atoms with Crippen molar-refractivity contribution in [2.75, 3.05) is 27.4 Å². The lowest BCUT2D eigenvalue weighted by atomic mass is 10.0. The van der Waals surface area contributed by atoms with E-state index in [1.54, 1.807) is 30.3 Å². The van der Waals surface area contributed by atoms with Crippen LogP contribution in [0.5, 0.6) is 17.2 Å². The van der Waals surface area contributed by atoms with Gasteiger partial charge in [-0.25, -0.2) is 9.59 Å². The van der Waals surface area contributed by atoms with Crippen LogP contribution < -0.4 is 25.2 Å². The van der Waals surface area contributed by atoms with Crippen molar-refractivity contribution in [2.24, 2.45) is 0 Å². The summed E-state index contributed by atoms with van der Waals surface area (Å²) in [6.07, 6.45) is -0.711. The van der Waals surface area contributed by atoms with Gasteiger partial charge in [-0.3, -0.25) is 4.79 Å². The van der Waals surface area contributed by atoms with Gasteiger partial charge in [0.15, 0.2) is 11.5 Å². The zero-order valence-corrected chi connectivity index (χ0v) is 17.7. The molecular formula is C23H21NO8. The average molecular weight is 439 g/mol. The molecule has 0 aliphatic carbocycles. The second kappa shape index (κ2) is 8.62. The molecule has 9 heteroatoms. The Morgan fingerprint density at radius 3 is 2.62 bits per heavy atom. The molecule has 0 bridgehead atoms. The molecule has 0 radical (unpaired) electrons. The van der Waals surface area contributed by atoms with Crippen LogP contribution in [0.2, 0.25) is 0 Å². The van der Waals surface area contributed by atoms with Crippen LogP contribution in [0, 0.1) is 0 Å². The first kappa shape index (κ1) is 21.2. The summed E-state index contributed by atoms with van der Waals surface area (Å²) >= 11 is 0. The number of hydrogen-bond donors (Lipinski definition) is 1. The van der Waals surface area contributed by atoms with Crippen LogP contribution in [0.1, 0.15) is 39.3 Å². The van der Waals surface area contributed by atoms with Crippen LogP contribution in [-0.2, 0) is 4.74 Å². The number of fused-ring (bicyclic) bond motifs is 2. The molecule has 0 spiro atoms. The molecule has 1 unspecified atom stereocenters. The molecular weight excluding hydrogens is 418 g/mol. The number of carbonyl (C=O) groups is 2. The molecule has 0 saturated carbocycles. The lowest BCUT2D eigenvalue weighted by Gasteiger charge is -2.14. The summed E-state index contributed by atoms with van der Waals surface area (Å²) in [7, 11) is 2.91. The molecule has 1 aromatic heterocycles. The summed E-state index contributed by atoms with van der Waals surface area (Å²) in [5, 5.41) is 3.19. The Kier molecular flexibility index (Phi) is 5.72. The highest BCUT2D eigenvalue weighted by Gasteiger charge is 2.36. The Hall–Kier alpha value is -4.01. The Labute approximate surface area is 182 Å². The fourth-order valence-corrected chi connectivity index (χ4v) is 3.69. The first-order chi connectivity index (χ1) is 15.5. The molecule has 0 saturated heterocycles. The molecule has 9 nitrogen and oxygen atoms in total. The maximum absolute atomic E-state index is 12.9. The Morgan fingerprint density at radius 1 is 1.09 bits per heavy atom. The molecule has 1 aliphatic heterocycles. The third-order valence-electron chi connectivity index (χ3n) is 5.10. The van der Waals surface area contributed by atoms with Crippen LogP contribution in [0.25, 0.3) is 11.0 Å². The summed E-state index contributed by atoms with van der Waals surface area (Å²) < 4.78 is 26.6. The van der Waals surface area contributed by atoms with E-state index in [2.05, 4.69) is 5.32 Å². The van der Waals surface area contributed by atoms with Crippen LogP contribution in [-0.4, -0.2) is 39.2 Å². The number of amides is 1. The van der Waals surface area contributed by atoms with Gasteiger partial charge >= 0.3 is 11.6 Å².